The third kappa shape index (κ3) is 3.45. The van der Waals surface area contributed by atoms with Crippen molar-refractivity contribution in [3.05, 3.63) is 45.8 Å². The fraction of sp³-hybridized carbons (Fsp3) is 0.444. The molecule has 1 aliphatic heterocycles. The van der Waals surface area contributed by atoms with Crippen LogP contribution in [0, 0.1) is 5.92 Å². The van der Waals surface area contributed by atoms with Crippen LogP contribution >= 0.6 is 0 Å². The number of nitrogens with zero attached hydrogens (tertiary/aromatic N) is 1. The fourth-order valence-electron chi connectivity index (χ4n) is 3.30. The normalized spacial score (nSPS) is 19.1. The van der Waals surface area contributed by atoms with Gasteiger partial charge in [-0.25, -0.2) is 4.79 Å². The van der Waals surface area contributed by atoms with Crippen LogP contribution in [0.4, 0.5) is 0 Å². The Morgan fingerprint density at radius 2 is 2.22 bits per heavy atom. The molecule has 1 atom stereocenters. The molecule has 2 N–H and O–H groups in total. The van der Waals surface area contributed by atoms with Gasteiger partial charge in [0.15, 0.2) is 0 Å². The molecular weight excluding hydrogens is 292 g/mol. The number of aryl methyl sites for hydroxylation is 1. The summed E-state index contributed by atoms with van der Waals surface area (Å²) in [6.45, 7) is 4.31. The first-order valence-electron chi connectivity index (χ1n) is 8.14. The second kappa shape index (κ2) is 6.54. The third-order valence-electron chi connectivity index (χ3n) is 4.60. The Kier molecular flexibility index (Phi) is 4.48. The second-order valence-corrected chi connectivity index (χ2v) is 6.25. The van der Waals surface area contributed by atoms with Crippen molar-refractivity contribution in [2.45, 2.75) is 32.7 Å². The van der Waals surface area contributed by atoms with Gasteiger partial charge < -0.3 is 10.2 Å². The summed E-state index contributed by atoms with van der Waals surface area (Å²) in [5.41, 5.74) is 7.90. The molecule has 0 saturated carbocycles. The van der Waals surface area contributed by atoms with Crippen LogP contribution in [0.15, 0.2) is 33.5 Å². The number of primary amides is 1. The molecule has 1 saturated heterocycles. The zero-order valence-electron chi connectivity index (χ0n) is 13.4. The molecule has 122 valence electrons. The van der Waals surface area contributed by atoms with Crippen LogP contribution in [-0.4, -0.2) is 23.9 Å². The van der Waals surface area contributed by atoms with Gasteiger partial charge in [-0.05, 0) is 49.1 Å². The molecule has 0 spiro atoms. The monoisotopic (exact) mass is 314 g/mol. The molecule has 3 rings (SSSR count). The van der Waals surface area contributed by atoms with E-state index < -0.39 is 0 Å². The van der Waals surface area contributed by atoms with E-state index >= 15 is 0 Å². The number of hydrogen-bond acceptors (Lipinski definition) is 4. The Hall–Kier alpha value is -2.14. The molecule has 1 aromatic heterocycles. The average molecular weight is 314 g/mol. The summed E-state index contributed by atoms with van der Waals surface area (Å²) >= 11 is 0. The van der Waals surface area contributed by atoms with E-state index in [0.717, 1.165) is 36.8 Å². The smallest absolute Gasteiger partial charge is 0.336 e. The zero-order chi connectivity index (χ0) is 16.4. The number of likely N-dealkylation sites (tertiary alicyclic amines) is 1. The predicted molar refractivity (Wildman–Crippen MR) is 89.1 cm³/mol. The van der Waals surface area contributed by atoms with Crippen molar-refractivity contribution in [1.82, 2.24) is 4.90 Å². The van der Waals surface area contributed by atoms with Gasteiger partial charge in [0.2, 0.25) is 5.91 Å². The molecule has 5 nitrogen and oxygen atoms in total. The molecule has 0 unspecified atom stereocenters. The molecule has 0 aliphatic carbocycles. The number of carbonyl (C=O) groups excluding carboxylic acids is 1. The van der Waals surface area contributed by atoms with E-state index in [4.69, 9.17) is 10.2 Å². The van der Waals surface area contributed by atoms with E-state index in [0.29, 0.717) is 18.7 Å². The van der Waals surface area contributed by atoms with Gasteiger partial charge in [0.25, 0.3) is 0 Å². The van der Waals surface area contributed by atoms with Crippen molar-refractivity contribution in [1.29, 1.82) is 0 Å². The Labute approximate surface area is 135 Å². The predicted octanol–water partition coefficient (Wildman–Crippen LogP) is 2.05. The highest BCUT2D eigenvalue weighted by molar-refractivity contribution is 5.81. The van der Waals surface area contributed by atoms with Crippen LogP contribution in [-0.2, 0) is 17.8 Å². The molecule has 1 amide bonds. The molecule has 0 radical (unpaired) electrons. The Bertz CT molecular complexity index is 781. The molecule has 2 aromatic rings. The number of rotatable bonds is 4. The van der Waals surface area contributed by atoms with Crippen molar-refractivity contribution in [2.24, 2.45) is 11.7 Å². The quantitative estimate of drug-likeness (QED) is 0.876. The SMILES string of the molecule is CCc1ccc2oc(=O)cc(CN3CCC[C@H](C(N)=O)C3)c2c1. The number of fused-ring (bicyclic) bond motifs is 1. The first-order valence-corrected chi connectivity index (χ1v) is 8.14. The van der Waals surface area contributed by atoms with Gasteiger partial charge in [-0.15, -0.1) is 0 Å². The van der Waals surface area contributed by atoms with E-state index in [2.05, 4.69) is 17.9 Å². The van der Waals surface area contributed by atoms with Gasteiger partial charge in [-0.1, -0.05) is 13.0 Å². The van der Waals surface area contributed by atoms with E-state index in [9.17, 15) is 9.59 Å². The second-order valence-electron chi connectivity index (χ2n) is 6.25. The topological polar surface area (TPSA) is 76.5 Å². The molecule has 1 fully saturated rings. The number of carbonyl (C=O) groups is 1. The summed E-state index contributed by atoms with van der Waals surface area (Å²) in [7, 11) is 0. The standard InChI is InChI=1S/C18H22N2O3/c1-2-12-5-6-16-15(8-12)14(9-17(21)23-16)11-20-7-3-4-13(10-20)18(19)22/h5-6,8-9,13H,2-4,7,10-11H2,1H3,(H2,19,22)/t13-/m0/s1. The van der Waals surface area contributed by atoms with Gasteiger partial charge in [0, 0.05) is 24.5 Å². The highest BCUT2D eigenvalue weighted by Gasteiger charge is 2.24. The van der Waals surface area contributed by atoms with Crippen LogP contribution in [0.3, 0.4) is 0 Å². The lowest BCUT2D eigenvalue weighted by atomic mass is 9.96. The van der Waals surface area contributed by atoms with E-state index in [1.54, 1.807) is 6.07 Å². The number of amides is 1. The lowest BCUT2D eigenvalue weighted by Gasteiger charge is -2.31. The van der Waals surface area contributed by atoms with Crippen LogP contribution in [0.2, 0.25) is 0 Å². The van der Waals surface area contributed by atoms with Crippen molar-refractivity contribution >= 4 is 16.9 Å². The maximum Gasteiger partial charge on any atom is 0.336 e. The van der Waals surface area contributed by atoms with E-state index in [1.165, 1.54) is 5.56 Å². The van der Waals surface area contributed by atoms with Gasteiger partial charge in [-0.3, -0.25) is 9.69 Å². The number of hydrogen-bond donors (Lipinski definition) is 1. The van der Waals surface area contributed by atoms with Crippen LogP contribution in [0.5, 0.6) is 0 Å². The highest BCUT2D eigenvalue weighted by atomic mass is 16.4. The summed E-state index contributed by atoms with van der Waals surface area (Å²) in [6, 6.07) is 7.50. The average Bonchev–Trinajstić information content (AvgIpc) is 2.54. The summed E-state index contributed by atoms with van der Waals surface area (Å²) in [5, 5.41) is 0.977. The van der Waals surface area contributed by atoms with Crippen LogP contribution < -0.4 is 11.4 Å². The van der Waals surface area contributed by atoms with Crippen LogP contribution in [0.1, 0.15) is 30.9 Å². The van der Waals surface area contributed by atoms with Crippen LogP contribution in [0.25, 0.3) is 11.0 Å². The summed E-state index contributed by atoms with van der Waals surface area (Å²) < 4.78 is 5.30. The molecule has 2 heterocycles. The van der Waals surface area contributed by atoms with E-state index in [-0.39, 0.29) is 17.5 Å². The largest absolute Gasteiger partial charge is 0.423 e. The fourth-order valence-corrected chi connectivity index (χ4v) is 3.30. The van der Waals surface area contributed by atoms with Gasteiger partial charge in [0.1, 0.15) is 5.58 Å². The maximum absolute atomic E-state index is 11.8. The van der Waals surface area contributed by atoms with Gasteiger partial charge >= 0.3 is 5.63 Å². The van der Waals surface area contributed by atoms with E-state index in [1.807, 2.05) is 12.1 Å². The molecule has 5 heteroatoms. The summed E-state index contributed by atoms with van der Waals surface area (Å²) in [6.07, 6.45) is 2.73. The zero-order valence-corrected chi connectivity index (χ0v) is 13.4. The third-order valence-corrected chi connectivity index (χ3v) is 4.60. The first-order chi connectivity index (χ1) is 11.1. The molecule has 1 aromatic carbocycles. The lowest BCUT2D eigenvalue weighted by Crippen LogP contribution is -2.40. The van der Waals surface area contributed by atoms with Crippen molar-refractivity contribution in [3.63, 3.8) is 0 Å². The van der Waals surface area contributed by atoms with Crippen molar-refractivity contribution < 1.29 is 9.21 Å². The summed E-state index contributed by atoms with van der Waals surface area (Å²) in [4.78, 5) is 25.4. The van der Waals surface area contributed by atoms with Crippen molar-refractivity contribution in [3.8, 4) is 0 Å². The van der Waals surface area contributed by atoms with Gasteiger partial charge in [-0.2, -0.15) is 0 Å². The molecule has 0 bridgehead atoms. The first kappa shape index (κ1) is 15.7. The number of piperidine rings is 1. The minimum absolute atomic E-state index is 0.0960. The highest BCUT2D eigenvalue weighted by Crippen LogP contribution is 2.23. The minimum Gasteiger partial charge on any atom is -0.423 e. The minimum atomic E-state index is -0.333. The van der Waals surface area contributed by atoms with Gasteiger partial charge in [0.05, 0.1) is 5.92 Å². The maximum atomic E-state index is 11.8. The Morgan fingerprint density at radius 3 is 2.96 bits per heavy atom. The molecular formula is C18H22N2O3. The molecule has 1 aliphatic rings. The number of benzene rings is 1. The lowest BCUT2D eigenvalue weighted by molar-refractivity contribution is -0.123. The molecule has 23 heavy (non-hydrogen) atoms. The number of nitrogens with two attached hydrogens (primary N) is 1. The summed E-state index contributed by atoms with van der Waals surface area (Å²) in [5.74, 6) is -0.332. The van der Waals surface area contributed by atoms with Crippen molar-refractivity contribution in [2.75, 3.05) is 13.1 Å². The Morgan fingerprint density at radius 1 is 1.39 bits per heavy atom. The Balaban J connectivity index is 1.92.